The summed E-state index contributed by atoms with van der Waals surface area (Å²) in [5, 5.41) is 13.8. The minimum Gasteiger partial charge on any atom is -0.492 e. The summed E-state index contributed by atoms with van der Waals surface area (Å²) >= 11 is 6.34. The summed E-state index contributed by atoms with van der Waals surface area (Å²) in [6.07, 6.45) is 0. The molecule has 1 amide bonds. The number of alkyl halides is 1. The number of carbonyl (C=O) groups is 2. The van der Waals surface area contributed by atoms with Crippen LogP contribution in [0.4, 0.5) is 11.4 Å². The molecule has 0 saturated heterocycles. The number of ether oxygens (including phenoxy) is 1. The van der Waals surface area contributed by atoms with Crippen LogP contribution in [-0.4, -0.2) is 66.2 Å². The summed E-state index contributed by atoms with van der Waals surface area (Å²) in [6.45, 7) is 3.03. The lowest BCUT2D eigenvalue weighted by atomic mass is 9.93. The molecule has 1 aliphatic rings. The first-order valence-electron chi connectivity index (χ1n) is 12.2. The van der Waals surface area contributed by atoms with Crippen LogP contribution in [-0.2, 0) is 0 Å². The average Bonchev–Trinajstić information content (AvgIpc) is 3.48. The molecule has 0 aliphatic carbocycles. The van der Waals surface area contributed by atoms with E-state index in [0.717, 1.165) is 23.0 Å². The molecule has 0 saturated carbocycles. The normalized spacial score (nSPS) is 14.9. The molecule has 38 heavy (non-hydrogen) atoms. The van der Waals surface area contributed by atoms with Gasteiger partial charge in [0.15, 0.2) is 5.78 Å². The Morgan fingerprint density at radius 3 is 2.63 bits per heavy atom. The van der Waals surface area contributed by atoms with Crippen LogP contribution >= 0.6 is 11.6 Å². The van der Waals surface area contributed by atoms with Crippen molar-refractivity contribution in [3.8, 4) is 5.75 Å². The molecule has 0 fully saturated rings. The van der Waals surface area contributed by atoms with E-state index < -0.39 is 4.92 Å². The van der Waals surface area contributed by atoms with Gasteiger partial charge in [-0.2, -0.15) is 0 Å². The number of benzene rings is 3. The standard InChI is InChI=1S/C28H27ClN4O5/c1-16(34)17-4-6-21-22(11-17)27-19(14-29)15-32(26(27)13-25(21)33(36)37)28(35)24-12-18-10-20(5-7-23(18)30-24)38-9-8-31(2)3/h4-7,10-13,19,30H,8-9,14-15H2,1-3H3. The van der Waals surface area contributed by atoms with E-state index in [0.29, 0.717) is 40.1 Å². The largest absolute Gasteiger partial charge is 0.492 e. The number of non-ortho nitro benzene ring substituents is 1. The minimum absolute atomic E-state index is 0.127. The lowest BCUT2D eigenvalue weighted by Crippen LogP contribution is -2.30. The SMILES string of the molecule is CC(=O)c1ccc2c([N+](=O)[O-])cc3c(c2c1)C(CCl)CN3C(=O)c1cc2cc(OCCN(C)C)ccc2[nH]1. The Balaban J connectivity index is 1.56. The molecular formula is C28H27ClN4O5. The van der Waals surface area contributed by atoms with Gasteiger partial charge in [-0.05, 0) is 68.4 Å². The molecular weight excluding hydrogens is 508 g/mol. The van der Waals surface area contributed by atoms with Gasteiger partial charge in [-0.15, -0.1) is 11.6 Å². The summed E-state index contributed by atoms with van der Waals surface area (Å²) in [6, 6.07) is 13.6. The maximum Gasteiger partial charge on any atom is 0.279 e. The van der Waals surface area contributed by atoms with E-state index in [9.17, 15) is 19.7 Å². The van der Waals surface area contributed by atoms with Gasteiger partial charge >= 0.3 is 0 Å². The van der Waals surface area contributed by atoms with Crippen LogP contribution < -0.4 is 9.64 Å². The molecule has 0 radical (unpaired) electrons. The van der Waals surface area contributed by atoms with Gasteiger partial charge < -0.3 is 19.5 Å². The lowest BCUT2D eigenvalue weighted by Gasteiger charge is -2.17. The number of nitro groups is 1. The molecule has 0 spiro atoms. The number of H-pyrrole nitrogens is 1. The Bertz CT molecular complexity index is 1600. The lowest BCUT2D eigenvalue weighted by molar-refractivity contribution is -0.383. The molecule has 2 heterocycles. The predicted molar refractivity (Wildman–Crippen MR) is 148 cm³/mol. The number of ketones is 1. The van der Waals surface area contributed by atoms with Crippen LogP contribution in [0.1, 0.15) is 39.3 Å². The highest BCUT2D eigenvalue weighted by molar-refractivity contribution is 6.19. The summed E-state index contributed by atoms with van der Waals surface area (Å²) in [7, 11) is 3.95. The van der Waals surface area contributed by atoms with Crippen molar-refractivity contribution in [2.45, 2.75) is 12.8 Å². The van der Waals surface area contributed by atoms with E-state index >= 15 is 0 Å². The fraction of sp³-hybridized carbons (Fsp3) is 0.286. The predicted octanol–water partition coefficient (Wildman–Crippen LogP) is 5.36. The molecule has 0 bridgehead atoms. The third kappa shape index (κ3) is 4.59. The van der Waals surface area contributed by atoms with Crippen molar-refractivity contribution in [1.29, 1.82) is 0 Å². The molecule has 196 valence electrons. The topological polar surface area (TPSA) is 109 Å². The number of aromatic amines is 1. The van der Waals surface area contributed by atoms with E-state index in [1.807, 2.05) is 37.2 Å². The fourth-order valence-corrected chi connectivity index (χ4v) is 5.22. The Hall–Kier alpha value is -3.95. The first-order valence-corrected chi connectivity index (χ1v) is 12.8. The number of hydrogen-bond donors (Lipinski definition) is 1. The van der Waals surface area contributed by atoms with Gasteiger partial charge in [0.1, 0.15) is 18.1 Å². The Morgan fingerprint density at radius 2 is 1.95 bits per heavy atom. The summed E-state index contributed by atoms with van der Waals surface area (Å²) in [5.74, 6) is 0.204. The van der Waals surface area contributed by atoms with E-state index in [-0.39, 0.29) is 35.7 Å². The van der Waals surface area contributed by atoms with E-state index in [1.54, 1.807) is 24.3 Å². The van der Waals surface area contributed by atoms with Crippen molar-refractivity contribution in [2.75, 3.05) is 44.6 Å². The highest BCUT2D eigenvalue weighted by Crippen LogP contribution is 2.46. The first kappa shape index (κ1) is 25.7. The van der Waals surface area contributed by atoms with Gasteiger partial charge in [-0.3, -0.25) is 19.7 Å². The van der Waals surface area contributed by atoms with Gasteiger partial charge in [0.2, 0.25) is 0 Å². The second-order valence-corrected chi connectivity index (χ2v) is 10.1. The number of carbonyl (C=O) groups excluding carboxylic acids is 2. The number of nitrogens with zero attached hydrogens (tertiary/aromatic N) is 3. The molecule has 1 N–H and O–H groups in total. The number of likely N-dealkylation sites (N-methyl/N-ethyl adjacent to an activating group) is 1. The van der Waals surface area contributed by atoms with Crippen LogP contribution in [0.2, 0.25) is 0 Å². The van der Waals surface area contributed by atoms with Crippen molar-refractivity contribution in [3.05, 3.63) is 75.5 Å². The maximum absolute atomic E-state index is 13.8. The number of rotatable bonds is 8. The second-order valence-electron chi connectivity index (χ2n) is 9.75. The second kappa shape index (κ2) is 10.1. The molecule has 1 aromatic heterocycles. The minimum atomic E-state index is -0.465. The highest BCUT2D eigenvalue weighted by atomic mass is 35.5. The average molecular weight is 535 g/mol. The maximum atomic E-state index is 13.8. The summed E-state index contributed by atoms with van der Waals surface area (Å²) in [4.78, 5) is 44.1. The van der Waals surface area contributed by atoms with E-state index in [2.05, 4.69) is 4.98 Å². The zero-order valence-electron chi connectivity index (χ0n) is 21.3. The number of halogens is 1. The van der Waals surface area contributed by atoms with Crippen molar-refractivity contribution >= 4 is 56.3 Å². The molecule has 1 unspecified atom stereocenters. The van der Waals surface area contributed by atoms with Crippen LogP contribution in [0.5, 0.6) is 5.75 Å². The van der Waals surface area contributed by atoms with E-state index in [4.69, 9.17) is 16.3 Å². The van der Waals surface area contributed by atoms with Gasteiger partial charge in [-0.1, -0.05) is 6.07 Å². The zero-order valence-corrected chi connectivity index (χ0v) is 22.0. The smallest absolute Gasteiger partial charge is 0.279 e. The fourth-order valence-electron chi connectivity index (χ4n) is 4.97. The number of nitro benzene ring substituents is 1. The quantitative estimate of drug-likeness (QED) is 0.141. The van der Waals surface area contributed by atoms with Crippen molar-refractivity contribution < 1.29 is 19.2 Å². The number of Topliss-reactive ketones (excluding diaryl/α,β-unsaturated/α-hetero) is 1. The number of aromatic nitrogens is 1. The zero-order chi connectivity index (χ0) is 27.1. The van der Waals surface area contributed by atoms with E-state index in [1.165, 1.54) is 17.9 Å². The van der Waals surface area contributed by atoms with Crippen LogP contribution in [0.25, 0.3) is 21.7 Å². The Kier molecular flexibility index (Phi) is 6.81. The third-order valence-electron chi connectivity index (χ3n) is 6.90. The summed E-state index contributed by atoms with van der Waals surface area (Å²) < 4.78 is 5.82. The molecule has 10 heteroatoms. The monoisotopic (exact) mass is 534 g/mol. The van der Waals surface area contributed by atoms with Crippen LogP contribution in [0.3, 0.4) is 0 Å². The summed E-state index contributed by atoms with van der Waals surface area (Å²) in [5.41, 5.74) is 2.62. The van der Waals surface area contributed by atoms with Gasteiger partial charge in [0.25, 0.3) is 11.6 Å². The number of anilines is 1. The molecule has 5 rings (SSSR count). The van der Waals surface area contributed by atoms with Crippen LogP contribution in [0, 0.1) is 10.1 Å². The Morgan fingerprint density at radius 1 is 1.16 bits per heavy atom. The van der Waals surface area contributed by atoms with Crippen molar-refractivity contribution in [2.24, 2.45) is 0 Å². The molecule has 1 atom stereocenters. The molecule has 3 aromatic carbocycles. The highest BCUT2D eigenvalue weighted by Gasteiger charge is 2.37. The Labute approximate surface area is 224 Å². The van der Waals surface area contributed by atoms with Crippen LogP contribution in [0.15, 0.2) is 48.5 Å². The number of hydrogen-bond acceptors (Lipinski definition) is 6. The third-order valence-corrected chi connectivity index (χ3v) is 7.27. The number of fused-ring (bicyclic) bond motifs is 4. The number of nitrogens with one attached hydrogen (secondary N) is 1. The van der Waals surface area contributed by atoms with Crippen molar-refractivity contribution in [1.82, 2.24) is 9.88 Å². The molecule has 9 nitrogen and oxygen atoms in total. The first-order chi connectivity index (χ1) is 18.2. The van der Waals surface area contributed by atoms with Crippen molar-refractivity contribution in [3.63, 3.8) is 0 Å². The van der Waals surface area contributed by atoms with Gasteiger partial charge in [0, 0.05) is 47.4 Å². The number of amides is 1. The van der Waals surface area contributed by atoms with Gasteiger partial charge in [-0.25, -0.2) is 0 Å². The molecule has 4 aromatic rings. The molecule has 1 aliphatic heterocycles. The van der Waals surface area contributed by atoms with Gasteiger partial charge in [0.05, 0.1) is 16.0 Å².